The van der Waals surface area contributed by atoms with E-state index in [2.05, 4.69) is 0 Å². The van der Waals surface area contributed by atoms with E-state index in [1.54, 1.807) is 6.92 Å². The Morgan fingerprint density at radius 2 is 2.20 bits per heavy atom. The second-order valence-corrected chi connectivity index (χ2v) is 5.83. The first-order valence-corrected chi connectivity index (χ1v) is 7.45. The van der Waals surface area contributed by atoms with Crippen LogP contribution in [0.25, 0.3) is 0 Å². The molecule has 0 bridgehead atoms. The minimum absolute atomic E-state index is 0.0107. The Labute approximate surface area is 123 Å². The zero-order valence-electron chi connectivity index (χ0n) is 11.5. The van der Waals surface area contributed by atoms with Crippen molar-refractivity contribution in [3.05, 3.63) is 23.8 Å². The summed E-state index contributed by atoms with van der Waals surface area (Å²) in [6.45, 7) is 3.60. The van der Waals surface area contributed by atoms with Gasteiger partial charge < -0.3 is 14.4 Å². The molecule has 20 heavy (non-hydrogen) atoms. The largest absolute Gasteiger partial charge is 0.486 e. The molecule has 0 aliphatic carbocycles. The van der Waals surface area contributed by atoms with E-state index in [1.165, 1.54) is 0 Å². The van der Waals surface area contributed by atoms with Crippen molar-refractivity contribution in [1.82, 2.24) is 4.90 Å². The summed E-state index contributed by atoms with van der Waals surface area (Å²) in [5, 5.41) is -0.493. The van der Waals surface area contributed by atoms with E-state index in [4.69, 9.17) is 21.1 Å². The minimum Gasteiger partial charge on any atom is -0.486 e. The summed E-state index contributed by atoms with van der Waals surface area (Å²) >= 11 is 5.96. The van der Waals surface area contributed by atoms with Crippen LogP contribution in [-0.4, -0.2) is 35.9 Å². The third kappa shape index (κ3) is 2.33. The van der Waals surface area contributed by atoms with Crippen LogP contribution in [0.15, 0.2) is 18.2 Å². The second-order valence-electron chi connectivity index (χ2n) is 5.18. The highest BCUT2D eigenvalue weighted by atomic mass is 35.5. The molecule has 1 saturated heterocycles. The summed E-state index contributed by atoms with van der Waals surface area (Å²) < 4.78 is 11.4. The van der Waals surface area contributed by atoms with E-state index in [0.717, 1.165) is 36.4 Å². The molecule has 1 aromatic rings. The van der Waals surface area contributed by atoms with Crippen molar-refractivity contribution in [1.29, 1.82) is 0 Å². The summed E-state index contributed by atoms with van der Waals surface area (Å²) in [7, 11) is 0. The Bertz CT molecular complexity index is 518. The van der Waals surface area contributed by atoms with Crippen molar-refractivity contribution in [3.8, 4) is 11.5 Å². The highest BCUT2D eigenvalue weighted by molar-refractivity contribution is 6.30. The van der Waals surface area contributed by atoms with Crippen LogP contribution in [-0.2, 0) is 4.79 Å². The molecule has 108 valence electrons. The minimum atomic E-state index is -0.493. The topological polar surface area (TPSA) is 38.8 Å². The fourth-order valence-electron chi connectivity index (χ4n) is 2.94. The molecule has 2 unspecified atom stereocenters. The Morgan fingerprint density at radius 3 is 3.00 bits per heavy atom. The summed E-state index contributed by atoms with van der Waals surface area (Å²) in [6.07, 6.45) is 1.93. The maximum atomic E-state index is 12.2. The van der Waals surface area contributed by atoms with Gasteiger partial charge in [0, 0.05) is 12.1 Å². The third-order valence-corrected chi connectivity index (χ3v) is 4.02. The molecule has 2 aliphatic heterocycles. The number of ether oxygens (including phenoxy) is 2. The molecular weight excluding hydrogens is 278 g/mol. The van der Waals surface area contributed by atoms with E-state index >= 15 is 0 Å². The van der Waals surface area contributed by atoms with Crippen molar-refractivity contribution in [2.75, 3.05) is 19.8 Å². The van der Waals surface area contributed by atoms with Crippen molar-refractivity contribution in [3.63, 3.8) is 0 Å². The molecule has 0 aromatic heterocycles. The van der Waals surface area contributed by atoms with Gasteiger partial charge in [0.15, 0.2) is 11.5 Å². The molecule has 1 amide bonds. The summed E-state index contributed by atoms with van der Waals surface area (Å²) in [5.74, 6) is 1.54. The van der Waals surface area contributed by atoms with Crippen LogP contribution in [0, 0.1) is 0 Å². The number of amides is 1. The monoisotopic (exact) mass is 295 g/mol. The standard InChI is InChI=1S/C15H18ClNO3/c1-10(16)15(18)17-7-3-5-12(17)11-4-2-6-13-14(11)20-9-8-19-13/h2,4,6,10,12H,3,5,7-9H2,1H3. The molecule has 2 atom stereocenters. The average Bonchev–Trinajstić information content (AvgIpc) is 2.94. The lowest BCUT2D eigenvalue weighted by molar-refractivity contribution is -0.131. The molecule has 0 saturated carbocycles. The Morgan fingerprint density at radius 1 is 1.40 bits per heavy atom. The Kier molecular flexibility index (Phi) is 3.74. The predicted octanol–water partition coefficient (Wildman–Crippen LogP) is 2.75. The van der Waals surface area contributed by atoms with Gasteiger partial charge in [-0.3, -0.25) is 4.79 Å². The average molecular weight is 296 g/mol. The number of carbonyl (C=O) groups is 1. The highest BCUT2D eigenvalue weighted by Crippen LogP contribution is 2.43. The smallest absolute Gasteiger partial charge is 0.240 e. The van der Waals surface area contributed by atoms with Gasteiger partial charge in [0.2, 0.25) is 5.91 Å². The number of hydrogen-bond acceptors (Lipinski definition) is 3. The lowest BCUT2D eigenvalue weighted by atomic mass is 10.0. The van der Waals surface area contributed by atoms with Gasteiger partial charge in [0.25, 0.3) is 0 Å². The Balaban J connectivity index is 1.94. The lowest BCUT2D eigenvalue weighted by Gasteiger charge is -2.29. The first-order chi connectivity index (χ1) is 9.68. The number of alkyl halides is 1. The van der Waals surface area contributed by atoms with Crippen LogP contribution >= 0.6 is 11.6 Å². The normalized spacial score (nSPS) is 22.7. The number of benzene rings is 1. The van der Waals surface area contributed by atoms with Crippen LogP contribution in [0.3, 0.4) is 0 Å². The first kappa shape index (κ1) is 13.6. The molecule has 3 rings (SSSR count). The quantitative estimate of drug-likeness (QED) is 0.788. The molecular formula is C15H18ClNO3. The lowest BCUT2D eigenvalue weighted by Crippen LogP contribution is -2.35. The molecule has 2 heterocycles. The van der Waals surface area contributed by atoms with Gasteiger partial charge in [-0.25, -0.2) is 0 Å². The van der Waals surface area contributed by atoms with Gasteiger partial charge >= 0.3 is 0 Å². The van der Waals surface area contributed by atoms with Gasteiger partial charge in [-0.1, -0.05) is 12.1 Å². The predicted molar refractivity (Wildman–Crippen MR) is 76.4 cm³/mol. The number of hydrogen-bond donors (Lipinski definition) is 0. The number of carbonyl (C=O) groups excluding carboxylic acids is 1. The molecule has 1 aromatic carbocycles. The molecule has 2 aliphatic rings. The molecule has 0 N–H and O–H groups in total. The summed E-state index contributed by atoms with van der Waals surface area (Å²) in [6, 6.07) is 5.92. The molecule has 5 heteroatoms. The fraction of sp³-hybridized carbons (Fsp3) is 0.533. The zero-order valence-corrected chi connectivity index (χ0v) is 12.2. The van der Waals surface area contributed by atoms with Gasteiger partial charge in [-0.05, 0) is 25.8 Å². The molecule has 1 fully saturated rings. The highest BCUT2D eigenvalue weighted by Gasteiger charge is 2.34. The van der Waals surface area contributed by atoms with Crippen molar-refractivity contribution in [2.45, 2.75) is 31.2 Å². The number of halogens is 1. The van der Waals surface area contributed by atoms with E-state index < -0.39 is 5.38 Å². The maximum Gasteiger partial charge on any atom is 0.240 e. The van der Waals surface area contributed by atoms with Crippen molar-refractivity contribution >= 4 is 17.5 Å². The molecule has 0 radical (unpaired) electrons. The van der Waals surface area contributed by atoms with Crippen LogP contribution in [0.2, 0.25) is 0 Å². The first-order valence-electron chi connectivity index (χ1n) is 7.01. The number of fused-ring (bicyclic) bond motifs is 1. The van der Waals surface area contributed by atoms with E-state index in [-0.39, 0.29) is 11.9 Å². The van der Waals surface area contributed by atoms with Gasteiger partial charge in [-0.15, -0.1) is 11.6 Å². The van der Waals surface area contributed by atoms with Gasteiger partial charge in [-0.2, -0.15) is 0 Å². The number of likely N-dealkylation sites (tertiary alicyclic amines) is 1. The van der Waals surface area contributed by atoms with Crippen LogP contribution < -0.4 is 9.47 Å². The van der Waals surface area contributed by atoms with Gasteiger partial charge in [0.05, 0.1) is 6.04 Å². The van der Waals surface area contributed by atoms with E-state index in [0.29, 0.717) is 13.2 Å². The van der Waals surface area contributed by atoms with Crippen LogP contribution in [0.1, 0.15) is 31.4 Å². The number of nitrogens with zero attached hydrogens (tertiary/aromatic N) is 1. The van der Waals surface area contributed by atoms with Crippen molar-refractivity contribution in [2.24, 2.45) is 0 Å². The fourth-order valence-corrected chi connectivity index (χ4v) is 3.07. The van der Waals surface area contributed by atoms with E-state index in [9.17, 15) is 4.79 Å². The summed E-state index contributed by atoms with van der Waals surface area (Å²) in [5.41, 5.74) is 1.03. The van der Waals surface area contributed by atoms with Gasteiger partial charge in [0.1, 0.15) is 18.6 Å². The van der Waals surface area contributed by atoms with Crippen molar-refractivity contribution < 1.29 is 14.3 Å². The maximum absolute atomic E-state index is 12.2. The number of para-hydroxylation sites is 1. The summed E-state index contributed by atoms with van der Waals surface area (Å²) in [4.78, 5) is 14.1. The van der Waals surface area contributed by atoms with E-state index in [1.807, 2.05) is 23.1 Å². The molecule has 0 spiro atoms. The third-order valence-electron chi connectivity index (χ3n) is 3.83. The second kappa shape index (κ2) is 5.52. The number of rotatable bonds is 2. The molecule has 4 nitrogen and oxygen atoms in total. The Hall–Kier alpha value is -1.42. The SMILES string of the molecule is CC(Cl)C(=O)N1CCCC1c1cccc2c1OCCO2. The van der Waals surface area contributed by atoms with Crippen LogP contribution in [0.5, 0.6) is 11.5 Å². The van der Waals surface area contributed by atoms with Crippen LogP contribution in [0.4, 0.5) is 0 Å². The zero-order chi connectivity index (χ0) is 14.1.